The monoisotopic (exact) mass is 275 g/mol. The van der Waals surface area contributed by atoms with Crippen LogP contribution in [-0.4, -0.2) is 37.4 Å². The third-order valence-corrected chi connectivity index (χ3v) is 4.18. The molecule has 1 N–H and O–H groups in total. The van der Waals surface area contributed by atoms with Gasteiger partial charge in [-0.25, -0.2) is 17.1 Å². The standard InChI is InChI=1S/C11H14FNO4S/c1-13(6-5-11(14)15)18(16,17)8-9-3-2-4-10(12)7-9/h2-4,7H,5-6,8H2,1H3,(H,14,15). The molecule has 100 valence electrons. The summed E-state index contributed by atoms with van der Waals surface area (Å²) in [4.78, 5) is 10.4. The molecule has 0 unspecified atom stereocenters. The molecule has 1 aromatic rings. The van der Waals surface area contributed by atoms with Gasteiger partial charge in [0, 0.05) is 13.6 Å². The summed E-state index contributed by atoms with van der Waals surface area (Å²) in [5.74, 6) is -1.92. The molecule has 0 amide bonds. The molecule has 0 spiro atoms. The predicted octanol–water partition coefficient (Wildman–Crippen LogP) is 1.06. The van der Waals surface area contributed by atoms with Gasteiger partial charge < -0.3 is 5.11 Å². The van der Waals surface area contributed by atoms with Crippen LogP contribution in [0.5, 0.6) is 0 Å². The predicted molar refractivity (Wildman–Crippen MR) is 63.9 cm³/mol. The van der Waals surface area contributed by atoms with Gasteiger partial charge in [0.15, 0.2) is 0 Å². The Kier molecular flexibility index (Phi) is 4.80. The maximum Gasteiger partial charge on any atom is 0.304 e. The summed E-state index contributed by atoms with van der Waals surface area (Å²) in [6, 6.07) is 5.30. The van der Waals surface area contributed by atoms with E-state index in [4.69, 9.17) is 5.11 Å². The Balaban J connectivity index is 2.72. The quantitative estimate of drug-likeness (QED) is 0.842. The van der Waals surface area contributed by atoms with E-state index in [2.05, 4.69) is 0 Å². The fraction of sp³-hybridized carbons (Fsp3) is 0.364. The smallest absolute Gasteiger partial charge is 0.304 e. The highest BCUT2D eigenvalue weighted by Crippen LogP contribution is 2.11. The Hall–Kier alpha value is -1.47. The van der Waals surface area contributed by atoms with Crippen LogP contribution in [-0.2, 0) is 20.6 Å². The number of sulfonamides is 1. The van der Waals surface area contributed by atoms with Crippen molar-refractivity contribution in [2.45, 2.75) is 12.2 Å². The molecule has 0 atom stereocenters. The molecule has 0 aliphatic carbocycles. The minimum absolute atomic E-state index is 0.104. The number of halogens is 1. The van der Waals surface area contributed by atoms with Crippen molar-refractivity contribution >= 4 is 16.0 Å². The number of carboxylic acids is 1. The molecule has 0 aromatic heterocycles. The van der Waals surface area contributed by atoms with Crippen LogP contribution in [0.4, 0.5) is 4.39 Å². The van der Waals surface area contributed by atoms with Gasteiger partial charge in [-0.3, -0.25) is 4.79 Å². The molecule has 0 aliphatic heterocycles. The molecule has 1 rings (SSSR count). The molecule has 0 heterocycles. The SMILES string of the molecule is CN(CCC(=O)O)S(=O)(=O)Cc1cccc(F)c1. The second-order valence-corrected chi connectivity index (χ2v) is 5.93. The largest absolute Gasteiger partial charge is 0.481 e. The molecule has 0 saturated heterocycles. The topological polar surface area (TPSA) is 74.7 Å². The molecule has 0 fully saturated rings. The molecule has 0 saturated carbocycles. The molecule has 5 nitrogen and oxygen atoms in total. The lowest BCUT2D eigenvalue weighted by Crippen LogP contribution is -2.30. The third-order valence-electron chi connectivity index (χ3n) is 2.35. The fourth-order valence-electron chi connectivity index (χ4n) is 1.34. The van der Waals surface area contributed by atoms with Gasteiger partial charge in [-0.1, -0.05) is 12.1 Å². The van der Waals surface area contributed by atoms with Crippen molar-refractivity contribution in [2.75, 3.05) is 13.6 Å². The molecular formula is C11H14FNO4S. The lowest BCUT2D eigenvalue weighted by molar-refractivity contribution is -0.137. The average molecular weight is 275 g/mol. The highest BCUT2D eigenvalue weighted by atomic mass is 32.2. The molecule has 0 bridgehead atoms. The van der Waals surface area contributed by atoms with Crippen LogP contribution >= 0.6 is 0 Å². The van der Waals surface area contributed by atoms with Gasteiger partial charge in [0.2, 0.25) is 10.0 Å². The first-order valence-corrected chi connectivity index (χ1v) is 6.82. The van der Waals surface area contributed by atoms with Crippen molar-refractivity contribution in [3.05, 3.63) is 35.6 Å². The first-order chi connectivity index (χ1) is 8.31. The molecule has 7 heteroatoms. The minimum Gasteiger partial charge on any atom is -0.481 e. The Bertz CT molecular complexity index is 530. The molecule has 1 aromatic carbocycles. The average Bonchev–Trinajstić information content (AvgIpc) is 2.25. The van der Waals surface area contributed by atoms with E-state index in [-0.39, 0.29) is 18.7 Å². The van der Waals surface area contributed by atoms with E-state index in [0.29, 0.717) is 5.56 Å². The van der Waals surface area contributed by atoms with Crippen molar-refractivity contribution in [2.24, 2.45) is 0 Å². The number of rotatable bonds is 6. The van der Waals surface area contributed by atoms with Gasteiger partial charge in [0.1, 0.15) is 5.82 Å². The first-order valence-electron chi connectivity index (χ1n) is 5.21. The van der Waals surface area contributed by atoms with E-state index in [0.717, 1.165) is 10.4 Å². The zero-order valence-electron chi connectivity index (χ0n) is 9.84. The Morgan fingerprint density at radius 3 is 2.67 bits per heavy atom. The van der Waals surface area contributed by atoms with Gasteiger partial charge in [0.05, 0.1) is 12.2 Å². The minimum atomic E-state index is -3.62. The Morgan fingerprint density at radius 2 is 2.11 bits per heavy atom. The zero-order valence-corrected chi connectivity index (χ0v) is 10.7. The fourth-order valence-corrected chi connectivity index (χ4v) is 2.53. The lowest BCUT2D eigenvalue weighted by Gasteiger charge is -2.16. The van der Waals surface area contributed by atoms with Crippen LogP contribution in [0.1, 0.15) is 12.0 Å². The zero-order chi connectivity index (χ0) is 13.8. The Morgan fingerprint density at radius 1 is 1.44 bits per heavy atom. The molecular weight excluding hydrogens is 261 g/mol. The highest BCUT2D eigenvalue weighted by molar-refractivity contribution is 7.88. The number of nitrogens with zero attached hydrogens (tertiary/aromatic N) is 1. The van der Waals surface area contributed by atoms with Gasteiger partial charge in [-0.05, 0) is 17.7 Å². The summed E-state index contributed by atoms with van der Waals surface area (Å²) < 4.78 is 37.5. The van der Waals surface area contributed by atoms with Gasteiger partial charge in [-0.2, -0.15) is 0 Å². The first kappa shape index (κ1) is 14.6. The van der Waals surface area contributed by atoms with Crippen molar-refractivity contribution in [1.82, 2.24) is 4.31 Å². The highest BCUT2D eigenvalue weighted by Gasteiger charge is 2.19. The van der Waals surface area contributed by atoms with Crippen molar-refractivity contribution < 1.29 is 22.7 Å². The number of hydrogen-bond acceptors (Lipinski definition) is 3. The summed E-state index contributed by atoms with van der Waals surface area (Å²) in [7, 11) is -2.32. The maximum absolute atomic E-state index is 12.9. The second-order valence-electron chi connectivity index (χ2n) is 3.85. The van der Waals surface area contributed by atoms with Crippen LogP contribution in [0.2, 0.25) is 0 Å². The number of aliphatic carboxylic acids is 1. The summed E-state index contributed by atoms with van der Waals surface area (Å²) in [5, 5.41) is 8.48. The van der Waals surface area contributed by atoms with Crippen LogP contribution in [0.3, 0.4) is 0 Å². The van der Waals surface area contributed by atoms with Gasteiger partial charge in [0.25, 0.3) is 0 Å². The number of hydrogen-bond donors (Lipinski definition) is 1. The van der Waals surface area contributed by atoms with E-state index in [1.807, 2.05) is 0 Å². The van der Waals surface area contributed by atoms with E-state index in [1.165, 1.54) is 25.2 Å². The molecule has 0 aliphatic rings. The molecule has 0 radical (unpaired) electrons. The van der Waals surface area contributed by atoms with Crippen LogP contribution in [0.15, 0.2) is 24.3 Å². The van der Waals surface area contributed by atoms with Crippen molar-refractivity contribution in [3.63, 3.8) is 0 Å². The number of carboxylic acid groups (broad SMARTS) is 1. The van der Waals surface area contributed by atoms with Crippen molar-refractivity contribution in [3.8, 4) is 0 Å². The summed E-state index contributed by atoms with van der Waals surface area (Å²) in [6.45, 7) is -0.104. The normalized spacial score (nSPS) is 11.7. The summed E-state index contributed by atoms with van der Waals surface area (Å²) >= 11 is 0. The second kappa shape index (κ2) is 5.92. The van der Waals surface area contributed by atoms with Gasteiger partial charge >= 0.3 is 5.97 Å². The van der Waals surface area contributed by atoms with E-state index in [9.17, 15) is 17.6 Å². The third kappa shape index (κ3) is 4.42. The number of benzene rings is 1. The van der Waals surface area contributed by atoms with Crippen LogP contribution in [0, 0.1) is 5.82 Å². The van der Waals surface area contributed by atoms with Crippen LogP contribution in [0.25, 0.3) is 0 Å². The lowest BCUT2D eigenvalue weighted by atomic mass is 10.2. The van der Waals surface area contributed by atoms with E-state index in [1.54, 1.807) is 0 Å². The van der Waals surface area contributed by atoms with Crippen molar-refractivity contribution in [1.29, 1.82) is 0 Å². The Labute approximate surface area is 105 Å². The summed E-state index contributed by atoms with van der Waals surface area (Å²) in [6.07, 6.45) is -0.265. The van der Waals surface area contributed by atoms with E-state index < -0.39 is 21.8 Å². The van der Waals surface area contributed by atoms with Gasteiger partial charge in [-0.15, -0.1) is 0 Å². The maximum atomic E-state index is 12.9. The molecule has 18 heavy (non-hydrogen) atoms. The van der Waals surface area contributed by atoms with E-state index >= 15 is 0 Å². The summed E-state index contributed by atoms with van der Waals surface area (Å²) in [5.41, 5.74) is 0.331. The van der Waals surface area contributed by atoms with Crippen LogP contribution < -0.4 is 0 Å². The number of carbonyl (C=O) groups is 1.